The Labute approximate surface area is 140 Å². The van der Waals surface area contributed by atoms with Crippen LogP contribution in [0.15, 0.2) is 35.1 Å². The molecule has 0 N–H and O–H groups in total. The maximum absolute atomic E-state index is 12.7. The van der Waals surface area contributed by atoms with Crippen molar-refractivity contribution in [3.05, 3.63) is 50.7 Å². The van der Waals surface area contributed by atoms with E-state index in [1.54, 1.807) is 0 Å². The van der Waals surface area contributed by atoms with Crippen LogP contribution in [0.1, 0.15) is 0 Å². The lowest BCUT2D eigenvalue weighted by Crippen LogP contribution is -2.25. The highest BCUT2D eigenvalue weighted by atomic mass is 35.5. The molecule has 0 bridgehead atoms. The number of pyridine rings is 1. The summed E-state index contributed by atoms with van der Waals surface area (Å²) in [6, 6.07) is 9.10. The summed E-state index contributed by atoms with van der Waals surface area (Å²) in [7, 11) is 0. The van der Waals surface area contributed by atoms with E-state index >= 15 is 0 Å². The maximum atomic E-state index is 12.7. The lowest BCUT2D eigenvalue weighted by Gasteiger charge is -2.15. The van der Waals surface area contributed by atoms with Crippen molar-refractivity contribution in [3.63, 3.8) is 0 Å². The van der Waals surface area contributed by atoms with Crippen LogP contribution >= 0.6 is 23.2 Å². The smallest absolute Gasteiger partial charge is 0.269 e. The summed E-state index contributed by atoms with van der Waals surface area (Å²) in [6.07, 6.45) is -2.72. The Bertz CT molecular complexity index is 816. The van der Waals surface area contributed by atoms with E-state index < -0.39 is 18.5 Å². The first-order chi connectivity index (χ1) is 10.9. The maximum Gasteiger partial charge on any atom is 0.269 e. The molecule has 0 fully saturated rings. The third-order valence-corrected chi connectivity index (χ3v) is 3.57. The number of halogens is 4. The molecule has 120 valence electrons. The zero-order valence-corrected chi connectivity index (χ0v) is 13.1. The Morgan fingerprint density at radius 3 is 2.57 bits per heavy atom. The van der Waals surface area contributed by atoms with Crippen molar-refractivity contribution in [1.29, 1.82) is 5.26 Å². The number of ether oxygens (including phenoxy) is 1. The van der Waals surface area contributed by atoms with Gasteiger partial charge in [-0.05, 0) is 30.3 Å². The van der Waals surface area contributed by atoms with Crippen molar-refractivity contribution in [1.82, 2.24) is 4.57 Å². The zero-order valence-electron chi connectivity index (χ0n) is 11.6. The fourth-order valence-electron chi connectivity index (χ4n) is 2.02. The van der Waals surface area contributed by atoms with Crippen molar-refractivity contribution in [2.45, 2.75) is 13.0 Å². The van der Waals surface area contributed by atoms with Crippen molar-refractivity contribution >= 4 is 23.2 Å². The monoisotopic (exact) mass is 358 g/mol. The minimum absolute atomic E-state index is 0.146. The van der Waals surface area contributed by atoms with Gasteiger partial charge in [0.1, 0.15) is 16.8 Å². The van der Waals surface area contributed by atoms with Gasteiger partial charge in [-0.15, -0.1) is 0 Å². The first-order valence-corrected chi connectivity index (χ1v) is 7.16. The third-order valence-electron chi connectivity index (χ3n) is 2.97. The zero-order chi connectivity index (χ0) is 17.0. The third kappa shape index (κ3) is 4.01. The summed E-state index contributed by atoms with van der Waals surface area (Å²) in [4.78, 5) is 12.0. The average molecular weight is 359 g/mol. The molecule has 0 radical (unpaired) electrons. The Kier molecular flexibility index (Phi) is 5.59. The molecule has 2 aromatic rings. The summed E-state index contributed by atoms with van der Waals surface area (Å²) < 4.78 is 31.5. The first kappa shape index (κ1) is 17.3. The van der Waals surface area contributed by atoms with Gasteiger partial charge in [-0.3, -0.25) is 4.79 Å². The molecule has 1 aromatic heterocycles. The molecular formula is C15H10Cl2F2N2O2. The van der Waals surface area contributed by atoms with Crippen molar-refractivity contribution in [3.8, 4) is 23.1 Å². The van der Waals surface area contributed by atoms with Gasteiger partial charge in [0.25, 0.3) is 12.0 Å². The summed E-state index contributed by atoms with van der Waals surface area (Å²) in [5.41, 5.74) is -0.118. The van der Waals surface area contributed by atoms with Gasteiger partial charge < -0.3 is 9.30 Å². The molecule has 0 aliphatic rings. The van der Waals surface area contributed by atoms with E-state index in [-0.39, 0.29) is 22.3 Å². The van der Waals surface area contributed by atoms with Crippen LogP contribution in [0.25, 0.3) is 11.3 Å². The minimum Gasteiger partial charge on any atom is -0.479 e. The molecule has 0 aliphatic heterocycles. The highest BCUT2D eigenvalue weighted by Gasteiger charge is 2.16. The molecule has 23 heavy (non-hydrogen) atoms. The van der Waals surface area contributed by atoms with E-state index in [2.05, 4.69) is 0 Å². The first-order valence-electron chi connectivity index (χ1n) is 6.41. The molecule has 0 spiro atoms. The highest BCUT2D eigenvalue weighted by Crippen LogP contribution is 2.31. The molecule has 1 heterocycles. The SMILES string of the molecule is N#CCOc1ccc(-c2ccc(Cl)c(=O)n2CC(F)F)c(Cl)c1. The molecule has 4 nitrogen and oxygen atoms in total. The predicted octanol–water partition coefficient (Wildman–Crippen LogP) is 3.99. The van der Waals surface area contributed by atoms with E-state index in [4.69, 9.17) is 33.2 Å². The molecule has 1 aromatic carbocycles. The van der Waals surface area contributed by atoms with Gasteiger partial charge >= 0.3 is 0 Å². The Hall–Kier alpha value is -2.10. The minimum atomic E-state index is -2.72. The number of alkyl halides is 2. The lowest BCUT2D eigenvalue weighted by molar-refractivity contribution is 0.126. The van der Waals surface area contributed by atoms with Gasteiger partial charge in [0.2, 0.25) is 0 Å². The van der Waals surface area contributed by atoms with Crippen molar-refractivity contribution in [2.75, 3.05) is 6.61 Å². The van der Waals surface area contributed by atoms with E-state index in [1.165, 1.54) is 30.3 Å². The van der Waals surface area contributed by atoms with Crippen LogP contribution in [0, 0.1) is 11.3 Å². The van der Waals surface area contributed by atoms with Crippen LogP contribution in [0.2, 0.25) is 10.0 Å². The van der Waals surface area contributed by atoms with Crippen LogP contribution in [0.5, 0.6) is 5.75 Å². The van der Waals surface area contributed by atoms with E-state index in [1.807, 2.05) is 6.07 Å². The number of nitriles is 1. The van der Waals surface area contributed by atoms with E-state index in [0.29, 0.717) is 11.3 Å². The fourth-order valence-corrected chi connectivity index (χ4v) is 2.45. The van der Waals surface area contributed by atoms with Gasteiger partial charge in [0.15, 0.2) is 6.61 Å². The van der Waals surface area contributed by atoms with Crippen LogP contribution in [-0.4, -0.2) is 17.6 Å². The number of hydrogen-bond acceptors (Lipinski definition) is 3. The summed E-state index contributed by atoms with van der Waals surface area (Å²) >= 11 is 11.9. The van der Waals surface area contributed by atoms with Crippen LogP contribution < -0.4 is 10.3 Å². The molecule has 0 saturated heterocycles. The molecule has 0 unspecified atom stereocenters. The van der Waals surface area contributed by atoms with Crippen molar-refractivity contribution < 1.29 is 13.5 Å². The average Bonchev–Trinajstić information content (AvgIpc) is 2.50. The van der Waals surface area contributed by atoms with Gasteiger partial charge in [0.05, 0.1) is 17.3 Å². The Balaban J connectivity index is 2.52. The molecule has 2 rings (SSSR count). The number of nitrogens with zero attached hydrogens (tertiary/aromatic N) is 2. The second-order valence-electron chi connectivity index (χ2n) is 4.46. The molecule has 8 heteroatoms. The quantitative estimate of drug-likeness (QED) is 0.811. The highest BCUT2D eigenvalue weighted by molar-refractivity contribution is 6.33. The van der Waals surface area contributed by atoms with Gasteiger partial charge in [-0.25, -0.2) is 8.78 Å². The van der Waals surface area contributed by atoms with Gasteiger partial charge in [-0.2, -0.15) is 5.26 Å². The second kappa shape index (κ2) is 7.44. The van der Waals surface area contributed by atoms with Gasteiger partial charge in [-0.1, -0.05) is 23.2 Å². The molecule has 0 atom stereocenters. The fraction of sp³-hybridized carbons (Fsp3) is 0.200. The second-order valence-corrected chi connectivity index (χ2v) is 5.28. The number of rotatable bonds is 5. The Morgan fingerprint density at radius 2 is 1.96 bits per heavy atom. The van der Waals surface area contributed by atoms with Crippen LogP contribution in [0.3, 0.4) is 0 Å². The standard InChI is InChI=1S/C15H10Cl2F2N2O2/c16-11-3-4-13(21(15(11)22)8-14(18)19)10-2-1-9(7-12(10)17)23-6-5-20/h1-4,7,14H,6,8H2. The lowest BCUT2D eigenvalue weighted by atomic mass is 10.1. The largest absolute Gasteiger partial charge is 0.479 e. The van der Waals surface area contributed by atoms with Gasteiger partial charge in [0, 0.05) is 5.56 Å². The molecule has 0 saturated carbocycles. The number of aromatic nitrogens is 1. The Morgan fingerprint density at radius 1 is 1.22 bits per heavy atom. The summed E-state index contributed by atoms with van der Waals surface area (Å²) in [5.74, 6) is 0.358. The summed E-state index contributed by atoms with van der Waals surface area (Å²) in [5, 5.41) is 8.52. The predicted molar refractivity (Wildman–Crippen MR) is 83.3 cm³/mol. The normalized spacial score (nSPS) is 10.6. The van der Waals surface area contributed by atoms with Crippen LogP contribution in [0.4, 0.5) is 8.78 Å². The molecule has 0 amide bonds. The van der Waals surface area contributed by atoms with E-state index in [0.717, 1.165) is 4.57 Å². The van der Waals surface area contributed by atoms with E-state index in [9.17, 15) is 13.6 Å². The summed E-state index contributed by atoms with van der Waals surface area (Å²) in [6.45, 7) is -0.940. The molecular weight excluding hydrogens is 349 g/mol. The number of hydrogen-bond donors (Lipinski definition) is 0. The topological polar surface area (TPSA) is 55.0 Å². The number of benzene rings is 1. The van der Waals surface area contributed by atoms with Crippen molar-refractivity contribution in [2.24, 2.45) is 0 Å². The molecule has 0 aliphatic carbocycles. The van der Waals surface area contributed by atoms with Crippen LogP contribution in [-0.2, 0) is 6.54 Å².